The number of nitrogens with one attached hydrogen (secondary N) is 1. The molecule has 1 aliphatic rings. The number of ether oxygens (including phenoxy) is 2. The molecule has 1 N–H and O–H groups in total. The third kappa shape index (κ3) is 3.81. The molecule has 5 heteroatoms. The highest BCUT2D eigenvalue weighted by molar-refractivity contribution is 6.04. The van der Waals surface area contributed by atoms with Gasteiger partial charge in [0.25, 0.3) is 5.91 Å². The van der Waals surface area contributed by atoms with E-state index in [9.17, 15) is 4.79 Å². The fourth-order valence-electron chi connectivity index (χ4n) is 2.52. The maximum atomic E-state index is 12.3. The van der Waals surface area contributed by atoms with Crippen molar-refractivity contribution in [3.05, 3.63) is 54.1 Å². The molecule has 5 nitrogen and oxygen atoms in total. The summed E-state index contributed by atoms with van der Waals surface area (Å²) >= 11 is 0. The van der Waals surface area contributed by atoms with Gasteiger partial charge in [-0.3, -0.25) is 4.79 Å². The molecule has 0 aromatic heterocycles. The Balaban J connectivity index is 1.64. The summed E-state index contributed by atoms with van der Waals surface area (Å²) in [5.41, 5.74) is 2.50. The molecule has 0 spiro atoms. The van der Waals surface area contributed by atoms with E-state index < -0.39 is 0 Å². The summed E-state index contributed by atoms with van der Waals surface area (Å²) in [6.45, 7) is 3.27. The quantitative estimate of drug-likeness (QED) is 0.943. The van der Waals surface area contributed by atoms with Crippen molar-refractivity contribution in [1.29, 1.82) is 0 Å². The molecule has 0 radical (unpaired) electrons. The first kappa shape index (κ1) is 15.4. The van der Waals surface area contributed by atoms with E-state index in [-0.39, 0.29) is 5.91 Å². The number of morpholine rings is 1. The molecule has 0 atom stereocenters. The van der Waals surface area contributed by atoms with Crippen LogP contribution in [0.3, 0.4) is 0 Å². The monoisotopic (exact) mass is 312 g/mol. The Bertz CT molecular complexity index is 647. The Labute approximate surface area is 135 Å². The SMILES string of the molecule is COc1ccc(NC(=O)c2ccc(N3CCOCC3)cc2)cc1. The minimum atomic E-state index is -0.122. The van der Waals surface area contributed by atoms with Gasteiger partial charge < -0.3 is 19.7 Å². The first-order valence-electron chi connectivity index (χ1n) is 7.64. The van der Waals surface area contributed by atoms with Gasteiger partial charge in [0, 0.05) is 30.0 Å². The topological polar surface area (TPSA) is 50.8 Å². The standard InChI is InChI=1S/C18H20N2O3/c1-22-17-8-4-15(5-9-17)19-18(21)14-2-6-16(7-3-14)20-10-12-23-13-11-20/h2-9H,10-13H2,1H3,(H,19,21). The Morgan fingerprint density at radius 2 is 1.70 bits per heavy atom. The molecule has 0 aliphatic carbocycles. The molecule has 0 bridgehead atoms. The number of rotatable bonds is 4. The van der Waals surface area contributed by atoms with Crippen LogP contribution < -0.4 is 15.0 Å². The number of hydrogen-bond acceptors (Lipinski definition) is 4. The summed E-state index contributed by atoms with van der Waals surface area (Å²) in [6.07, 6.45) is 0. The maximum absolute atomic E-state index is 12.3. The van der Waals surface area contributed by atoms with Crippen LogP contribution in [0.5, 0.6) is 5.75 Å². The summed E-state index contributed by atoms with van der Waals surface area (Å²) in [6, 6.07) is 14.9. The predicted molar refractivity (Wildman–Crippen MR) is 90.4 cm³/mol. The molecule has 1 saturated heterocycles. The molecule has 23 heavy (non-hydrogen) atoms. The molecule has 0 saturated carbocycles. The van der Waals surface area contributed by atoms with Crippen LogP contribution in [0.1, 0.15) is 10.4 Å². The Hall–Kier alpha value is -2.53. The van der Waals surface area contributed by atoms with E-state index in [1.54, 1.807) is 7.11 Å². The highest BCUT2D eigenvalue weighted by atomic mass is 16.5. The van der Waals surface area contributed by atoms with Crippen molar-refractivity contribution in [2.45, 2.75) is 0 Å². The number of nitrogens with zero attached hydrogens (tertiary/aromatic N) is 1. The lowest BCUT2D eigenvalue weighted by atomic mass is 10.1. The number of anilines is 2. The number of hydrogen-bond donors (Lipinski definition) is 1. The molecule has 2 aromatic carbocycles. The smallest absolute Gasteiger partial charge is 0.255 e. The first-order valence-corrected chi connectivity index (χ1v) is 7.64. The summed E-state index contributed by atoms with van der Waals surface area (Å²) in [7, 11) is 1.61. The van der Waals surface area contributed by atoms with Gasteiger partial charge in [0.2, 0.25) is 0 Å². The Morgan fingerprint density at radius 3 is 2.30 bits per heavy atom. The van der Waals surface area contributed by atoms with Gasteiger partial charge in [0.1, 0.15) is 5.75 Å². The van der Waals surface area contributed by atoms with Crippen LogP contribution in [0, 0.1) is 0 Å². The molecular formula is C18H20N2O3. The second-order valence-corrected chi connectivity index (χ2v) is 5.33. The van der Waals surface area contributed by atoms with E-state index in [2.05, 4.69) is 10.2 Å². The van der Waals surface area contributed by atoms with Gasteiger partial charge in [-0.2, -0.15) is 0 Å². The lowest BCUT2D eigenvalue weighted by Gasteiger charge is -2.28. The number of carbonyl (C=O) groups is 1. The van der Waals surface area contributed by atoms with Gasteiger partial charge in [0.15, 0.2) is 0 Å². The highest BCUT2D eigenvalue weighted by Crippen LogP contribution is 2.19. The lowest BCUT2D eigenvalue weighted by molar-refractivity contribution is 0.102. The third-order valence-corrected chi connectivity index (χ3v) is 3.85. The zero-order chi connectivity index (χ0) is 16.1. The molecule has 1 aliphatic heterocycles. The molecule has 2 aromatic rings. The van der Waals surface area contributed by atoms with Crippen LogP contribution in [0.15, 0.2) is 48.5 Å². The van der Waals surface area contributed by atoms with Gasteiger partial charge in [-0.25, -0.2) is 0 Å². The van der Waals surface area contributed by atoms with Crippen LogP contribution in [0.25, 0.3) is 0 Å². The van der Waals surface area contributed by atoms with E-state index in [4.69, 9.17) is 9.47 Å². The summed E-state index contributed by atoms with van der Waals surface area (Å²) in [5, 5.41) is 2.88. The largest absolute Gasteiger partial charge is 0.497 e. The van der Waals surface area contributed by atoms with Crippen molar-refractivity contribution in [3.8, 4) is 5.75 Å². The third-order valence-electron chi connectivity index (χ3n) is 3.85. The van der Waals surface area contributed by atoms with Crippen molar-refractivity contribution < 1.29 is 14.3 Å². The second-order valence-electron chi connectivity index (χ2n) is 5.33. The summed E-state index contributed by atoms with van der Waals surface area (Å²) < 4.78 is 10.5. The molecular weight excluding hydrogens is 292 g/mol. The van der Waals surface area contributed by atoms with E-state index in [0.717, 1.165) is 43.4 Å². The van der Waals surface area contributed by atoms with Crippen molar-refractivity contribution >= 4 is 17.3 Å². The van der Waals surface area contributed by atoms with E-state index in [0.29, 0.717) is 5.56 Å². The normalized spacial score (nSPS) is 14.4. The van der Waals surface area contributed by atoms with Crippen molar-refractivity contribution in [2.24, 2.45) is 0 Å². The molecule has 120 valence electrons. The fourth-order valence-corrected chi connectivity index (χ4v) is 2.52. The minimum absolute atomic E-state index is 0.122. The van der Waals surface area contributed by atoms with E-state index in [1.165, 1.54) is 0 Å². The van der Waals surface area contributed by atoms with E-state index in [1.807, 2.05) is 48.5 Å². The average Bonchev–Trinajstić information content (AvgIpc) is 2.63. The summed E-state index contributed by atoms with van der Waals surface area (Å²) in [5.74, 6) is 0.640. The average molecular weight is 312 g/mol. The molecule has 0 unspecified atom stereocenters. The first-order chi connectivity index (χ1) is 11.3. The highest BCUT2D eigenvalue weighted by Gasteiger charge is 2.12. The van der Waals surface area contributed by atoms with E-state index >= 15 is 0 Å². The molecule has 3 rings (SSSR count). The van der Waals surface area contributed by atoms with Crippen LogP contribution >= 0.6 is 0 Å². The predicted octanol–water partition coefficient (Wildman–Crippen LogP) is 2.78. The molecule has 1 fully saturated rings. The fraction of sp³-hybridized carbons (Fsp3) is 0.278. The van der Waals surface area contributed by atoms with Gasteiger partial charge in [0.05, 0.1) is 20.3 Å². The van der Waals surface area contributed by atoms with Crippen LogP contribution in [0.4, 0.5) is 11.4 Å². The number of benzene rings is 2. The second kappa shape index (κ2) is 7.15. The number of carbonyl (C=O) groups excluding carboxylic acids is 1. The Kier molecular flexibility index (Phi) is 4.78. The zero-order valence-corrected chi connectivity index (χ0v) is 13.1. The van der Waals surface area contributed by atoms with Gasteiger partial charge in [-0.15, -0.1) is 0 Å². The zero-order valence-electron chi connectivity index (χ0n) is 13.1. The number of methoxy groups -OCH3 is 1. The lowest BCUT2D eigenvalue weighted by Crippen LogP contribution is -2.36. The van der Waals surface area contributed by atoms with Crippen LogP contribution in [0.2, 0.25) is 0 Å². The van der Waals surface area contributed by atoms with Gasteiger partial charge in [-0.05, 0) is 48.5 Å². The van der Waals surface area contributed by atoms with Crippen LogP contribution in [-0.2, 0) is 4.74 Å². The van der Waals surface area contributed by atoms with Crippen molar-refractivity contribution in [2.75, 3.05) is 43.6 Å². The van der Waals surface area contributed by atoms with Crippen molar-refractivity contribution in [1.82, 2.24) is 0 Å². The van der Waals surface area contributed by atoms with Crippen LogP contribution in [-0.4, -0.2) is 39.3 Å². The Morgan fingerprint density at radius 1 is 1.04 bits per heavy atom. The van der Waals surface area contributed by atoms with Crippen molar-refractivity contribution in [3.63, 3.8) is 0 Å². The summed E-state index contributed by atoms with van der Waals surface area (Å²) in [4.78, 5) is 14.5. The number of amides is 1. The molecule has 1 heterocycles. The maximum Gasteiger partial charge on any atom is 0.255 e. The minimum Gasteiger partial charge on any atom is -0.497 e. The van der Waals surface area contributed by atoms with Gasteiger partial charge in [-0.1, -0.05) is 0 Å². The molecule has 1 amide bonds. The van der Waals surface area contributed by atoms with Gasteiger partial charge >= 0.3 is 0 Å².